The zero-order valence-corrected chi connectivity index (χ0v) is 20.8. The number of nitrogens with one attached hydrogen (secondary N) is 1. The number of Topliss-reactive ketones (excluding diaryl/α,β-unsaturated/α-hetero) is 1. The number of nitrogens with zero attached hydrogens (tertiary/aromatic N) is 1. The van der Waals surface area contributed by atoms with Crippen LogP contribution in [0.15, 0.2) is 30.3 Å². The highest BCUT2D eigenvalue weighted by Gasteiger charge is 2.39. The third-order valence-electron chi connectivity index (χ3n) is 6.10. The molecule has 2 N–H and O–H groups in total. The summed E-state index contributed by atoms with van der Waals surface area (Å²) in [6.07, 6.45) is 0.272. The average molecular weight is 475 g/mol. The maximum absolute atomic E-state index is 13.4. The molecule has 1 heterocycles. The van der Waals surface area contributed by atoms with Crippen molar-refractivity contribution in [2.24, 2.45) is 17.8 Å². The maximum atomic E-state index is 13.4. The van der Waals surface area contributed by atoms with Crippen LogP contribution in [0.3, 0.4) is 0 Å². The van der Waals surface area contributed by atoms with Crippen molar-refractivity contribution < 1.29 is 29.0 Å². The Morgan fingerprint density at radius 3 is 2.32 bits per heavy atom. The molecule has 0 bridgehead atoms. The Bertz CT molecular complexity index is 854. The van der Waals surface area contributed by atoms with Crippen molar-refractivity contribution in [2.75, 3.05) is 6.54 Å². The van der Waals surface area contributed by atoms with Gasteiger partial charge in [-0.1, -0.05) is 58.0 Å². The van der Waals surface area contributed by atoms with E-state index in [9.17, 15) is 24.3 Å². The third kappa shape index (κ3) is 7.38. The first-order chi connectivity index (χ1) is 16.0. The Morgan fingerprint density at radius 1 is 1.09 bits per heavy atom. The van der Waals surface area contributed by atoms with Crippen molar-refractivity contribution in [2.45, 2.75) is 78.7 Å². The number of ketones is 1. The zero-order valence-electron chi connectivity index (χ0n) is 20.8. The molecule has 1 aromatic carbocycles. The van der Waals surface area contributed by atoms with Gasteiger partial charge < -0.3 is 20.1 Å². The molecule has 1 fully saturated rings. The molecule has 8 nitrogen and oxygen atoms in total. The maximum Gasteiger partial charge on any atom is 0.329 e. The molecule has 0 spiro atoms. The third-order valence-corrected chi connectivity index (χ3v) is 6.10. The molecule has 1 unspecified atom stereocenters. The SMILES string of the molecule is CC(C)C[C@H](NC(=O)C(C)C(=O)[C@@H](O)C(C)C)C(=O)N1CCC[C@H]1C(=O)OCc1ccccc1. The molecule has 0 aromatic heterocycles. The molecule has 34 heavy (non-hydrogen) atoms. The van der Waals surface area contributed by atoms with Gasteiger partial charge in [0.25, 0.3) is 0 Å². The Kier molecular flexibility index (Phi) is 10.2. The highest BCUT2D eigenvalue weighted by atomic mass is 16.5. The molecule has 0 aliphatic carbocycles. The normalized spacial score (nSPS) is 18.5. The summed E-state index contributed by atoms with van der Waals surface area (Å²) in [6, 6.07) is 7.74. The van der Waals surface area contributed by atoms with E-state index >= 15 is 0 Å². The first kappa shape index (κ1) is 27.5. The standard InChI is InChI=1S/C26H38N2O6/c1-16(2)14-20(27-24(31)18(5)23(30)22(29)17(3)4)25(32)28-13-9-12-21(28)26(33)34-15-19-10-7-6-8-11-19/h6-8,10-11,16-18,20-22,29H,9,12-15H2,1-5H3,(H,27,31)/t18?,20-,21-,22-/m0/s1. The molecule has 1 aliphatic heterocycles. The summed E-state index contributed by atoms with van der Waals surface area (Å²) in [4.78, 5) is 52.9. The molecule has 4 atom stereocenters. The number of carbonyl (C=O) groups is 4. The summed E-state index contributed by atoms with van der Waals surface area (Å²) in [5, 5.41) is 12.8. The van der Waals surface area contributed by atoms with Gasteiger partial charge in [-0.15, -0.1) is 0 Å². The number of hydrogen-bond acceptors (Lipinski definition) is 6. The van der Waals surface area contributed by atoms with Gasteiger partial charge in [0.05, 0.1) is 5.92 Å². The lowest BCUT2D eigenvalue weighted by atomic mass is 9.93. The minimum Gasteiger partial charge on any atom is -0.459 e. The Morgan fingerprint density at radius 2 is 1.74 bits per heavy atom. The summed E-state index contributed by atoms with van der Waals surface area (Å²) < 4.78 is 5.46. The van der Waals surface area contributed by atoms with E-state index in [2.05, 4.69) is 5.32 Å². The molecule has 2 amide bonds. The molecule has 188 valence electrons. The van der Waals surface area contributed by atoms with Crippen LogP contribution in [-0.2, 0) is 30.5 Å². The lowest BCUT2D eigenvalue weighted by molar-refractivity contribution is -0.155. The molecule has 1 aromatic rings. The van der Waals surface area contributed by atoms with Gasteiger partial charge in [0.2, 0.25) is 11.8 Å². The average Bonchev–Trinajstić information content (AvgIpc) is 3.30. The number of aliphatic hydroxyl groups is 1. The van der Waals surface area contributed by atoms with Crippen molar-refractivity contribution in [1.29, 1.82) is 0 Å². The van der Waals surface area contributed by atoms with Crippen LogP contribution < -0.4 is 5.32 Å². The van der Waals surface area contributed by atoms with Gasteiger partial charge >= 0.3 is 5.97 Å². The Hall–Kier alpha value is -2.74. The van der Waals surface area contributed by atoms with Gasteiger partial charge in [0.1, 0.15) is 24.8 Å². The molecular formula is C26H38N2O6. The number of rotatable bonds is 11. The number of esters is 1. The quantitative estimate of drug-likeness (QED) is 0.376. The summed E-state index contributed by atoms with van der Waals surface area (Å²) in [7, 11) is 0. The summed E-state index contributed by atoms with van der Waals surface area (Å²) in [5.74, 6) is -3.32. The number of amides is 2. The van der Waals surface area contributed by atoms with Crippen LogP contribution in [0.2, 0.25) is 0 Å². The lowest BCUT2D eigenvalue weighted by Gasteiger charge is -2.30. The molecule has 2 rings (SSSR count). The van der Waals surface area contributed by atoms with E-state index in [0.29, 0.717) is 25.8 Å². The minimum atomic E-state index is -1.25. The lowest BCUT2D eigenvalue weighted by Crippen LogP contribution is -2.54. The van der Waals surface area contributed by atoms with Crippen LogP contribution in [0.4, 0.5) is 0 Å². The largest absolute Gasteiger partial charge is 0.459 e. The fraction of sp³-hybridized carbons (Fsp3) is 0.615. The number of benzene rings is 1. The number of hydrogen-bond donors (Lipinski definition) is 2. The Balaban J connectivity index is 2.08. The van der Waals surface area contributed by atoms with Gasteiger partial charge in [0, 0.05) is 6.54 Å². The van der Waals surface area contributed by atoms with Crippen LogP contribution in [0.1, 0.15) is 59.4 Å². The molecule has 0 saturated carbocycles. The van der Waals surface area contributed by atoms with Crippen LogP contribution in [0.25, 0.3) is 0 Å². The second-order valence-corrected chi connectivity index (χ2v) is 9.79. The second kappa shape index (κ2) is 12.6. The van der Waals surface area contributed by atoms with Gasteiger partial charge in [-0.3, -0.25) is 14.4 Å². The topological polar surface area (TPSA) is 113 Å². The van der Waals surface area contributed by atoms with E-state index in [-0.39, 0.29) is 24.3 Å². The van der Waals surface area contributed by atoms with Crippen LogP contribution in [0, 0.1) is 17.8 Å². The first-order valence-electron chi connectivity index (χ1n) is 12.1. The van der Waals surface area contributed by atoms with E-state index in [1.807, 2.05) is 44.2 Å². The van der Waals surface area contributed by atoms with Crippen molar-refractivity contribution in [3.63, 3.8) is 0 Å². The van der Waals surface area contributed by atoms with E-state index in [1.54, 1.807) is 13.8 Å². The van der Waals surface area contributed by atoms with Crippen molar-refractivity contribution >= 4 is 23.6 Å². The van der Waals surface area contributed by atoms with Gasteiger partial charge in [0.15, 0.2) is 5.78 Å². The van der Waals surface area contributed by atoms with Crippen LogP contribution >= 0.6 is 0 Å². The van der Waals surface area contributed by atoms with E-state index < -0.39 is 41.8 Å². The van der Waals surface area contributed by atoms with Crippen LogP contribution in [-0.4, -0.2) is 58.3 Å². The highest BCUT2D eigenvalue weighted by Crippen LogP contribution is 2.22. The van der Waals surface area contributed by atoms with Crippen molar-refractivity contribution in [3.8, 4) is 0 Å². The monoisotopic (exact) mass is 474 g/mol. The predicted octanol–water partition coefficient (Wildman–Crippen LogP) is 2.47. The number of aliphatic hydroxyl groups excluding tert-OH is 1. The summed E-state index contributed by atoms with van der Waals surface area (Å²) in [5.41, 5.74) is 0.860. The van der Waals surface area contributed by atoms with E-state index in [0.717, 1.165) is 5.56 Å². The minimum absolute atomic E-state index is 0.0904. The van der Waals surface area contributed by atoms with E-state index in [4.69, 9.17) is 4.74 Å². The molecule has 1 aliphatic rings. The van der Waals surface area contributed by atoms with Gasteiger partial charge in [-0.2, -0.15) is 0 Å². The zero-order chi connectivity index (χ0) is 25.4. The summed E-state index contributed by atoms with van der Waals surface area (Å²) >= 11 is 0. The highest BCUT2D eigenvalue weighted by molar-refractivity contribution is 6.04. The van der Waals surface area contributed by atoms with Gasteiger partial charge in [-0.25, -0.2) is 4.79 Å². The first-order valence-corrected chi connectivity index (χ1v) is 12.1. The number of likely N-dealkylation sites (tertiary alicyclic amines) is 1. The van der Waals surface area contributed by atoms with Crippen LogP contribution in [0.5, 0.6) is 0 Å². The molecular weight excluding hydrogens is 436 g/mol. The van der Waals surface area contributed by atoms with Crippen molar-refractivity contribution in [1.82, 2.24) is 10.2 Å². The fourth-order valence-corrected chi connectivity index (χ4v) is 4.00. The predicted molar refractivity (Wildman–Crippen MR) is 127 cm³/mol. The number of ether oxygens (including phenoxy) is 1. The van der Waals surface area contributed by atoms with Crippen molar-refractivity contribution in [3.05, 3.63) is 35.9 Å². The fourth-order valence-electron chi connectivity index (χ4n) is 4.00. The second-order valence-electron chi connectivity index (χ2n) is 9.79. The summed E-state index contributed by atoms with van der Waals surface area (Å²) in [6.45, 7) is 9.21. The number of carbonyl (C=O) groups excluding carboxylic acids is 4. The van der Waals surface area contributed by atoms with E-state index in [1.165, 1.54) is 11.8 Å². The molecule has 1 saturated heterocycles. The molecule has 0 radical (unpaired) electrons. The van der Waals surface area contributed by atoms with Gasteiger partial charge in [-0.05, 0) is 43.6 Å². The Labute approximate surface area is 202 Å². The molecule has 8 heteroatoms. The smallest absolute Gasteiger partial charge is 0.329 e.